The van der Waals surface area contributed by atoms with Crippen LogP contribution in [0.15, 0.2) is 41.5 Å². The van der Waals surface area contributed by atoms with Crippen molar-refractivity contribution in [2.45, 2.75) is 31.5 Å². The second-order valence-electron chi connectivity index (χ2n) is 6.64. The summed E-state index contributed by atoms with van der Waals surface area (Å²) in [4.78, 5) is 15.7. The number of azide groups is 1. The fourth-order valence-corrected chi connectivity index (χ4v) is 3.19. The van der Waals surface area contributed by atoms with Crippen LogP contribution in [-0.2, 0) is 4.74 Å². The Balaban J connectivity index is 1.80. The fraction of sp³-hybridized carbons (Fsp3) is 0.350. The quantitative estimate of drug-likeness (QED) is 0.265. The molecular weight excluding hydrogens is 378 g/mol. The van der Waals surface area contributed by atoms with Gasteiger partial charge < -0.3 is 24.8 Å². The Morgan fingerprint density at radius 3 is 2.55 bits per heavy atom. The number of rotatable bonds is 8. The van der Waals surface area contributed by atoms with E-state index in [4.69, 9.17) is 15.0 Å². The Kier molecular flexibility index (Phi) is 6.43. The van der Waals surface area contributed by atoms with Crippen molar-refractivity contribution in [1.29, 1.82) is 0 Å². The first-order valence-corrected chi connectivity index (χ1v) is 9.19. The zero-order chi connectivity index (χ0) is 20.8. The van der Waals surface area contributed by atoms with Gasteiger partial charge in [0, 0.05) is 30.2 Å². The van der Waals surface area contributed by atoms with Gasteiger partial charge in [0.2, 0.25) is 5.78 Å². The third-order valence-corrected chi connectivity index (χ3v) is 4.58. The summed E-state index contributed by atoms with van der Waals surface area (Å²) in [6.45, 7) is 0.682. The van der Waals surface area contributed by atoms with E-state index in [1.54, 1.807) is 12.1 Å². The predicted octanol–water partition coefficient (Wildman–Crippen LogP) is 3.99. The first kappa shape index (κ1) is 20.3. The number of Topliss-reactive ketones (excluding diaryl/α,β-unsaturated/α-hetero) is 1. The van der Waals surface area contributed by atoms with Crippen LogP contribution in [0, 0.1) is 0 Å². The van der Waals surface area contributed by atoms with Crippen molar-refractivity contribution in [3.63, 3.8) is 0 Å². The van der Waals surface area contributed by atoms with Gasteiger partial charge in [0.15, 0.2) is 12.2 Å². The van der Waals surface area contributed by atoms with E-state index in [0.29, 0.717) is 24.9 Å². The van der Waals surface area contributed by atoms with Crippen molar-refractivity contribution >= 4 is 5.78 Å². The van der Waals surface area contributed by atoms with Crippen molar-refractivity contribution in [1.82, 2.24) is 0 Å². The molecule has 0 saturated heterocycles. The second-order valence-corrected chi connectivity index (χ2v) is 6.64. The van der Waals surface area contributed by atoms with Crippen molar-refractivity contribution < 1.29 is 29.6 Å². The van der Waals surface area contributed by atoms with E-state index >= 15 is 0 Å². The van der Waals surface area contributed by atoms with Crippen LogP contribution < -0.4 is 4.74 Å². The van der Waals surface area contributed by atoms with Crippen molar-refractivity contribution in [3.05, 3.63) is 58.0 Å². The van der Waals surface area contributed by atoms with Gasteiger partial charge in [0.1, 0.15) is 28.6 Å². The summed E-state index contributed by atoms with van der Waals surface area (Å²) < 4.78 is 11.7. The lowest BCUT2D eigenvalue weighted by molar-refractivity contribution is -0.0231. The largest absolute Gasteiger partial charge is 0.508 e. The maximum absolute atomic E-state index is 13.1. The third-order valence-electron chi connectivity index (χ3n) is 4.58. The van der Waals surface area contributed by atoms with E-state index in [1.807, 2.05) is 0 Å². The lowest BCUT2D eigenvalue weighted by atomic mass is 9.92. The van der Waals surface area contributed by atoms with Crippen LogP contribution in [0.1, 0.15) is 41.3 Å². The first-order valence-electron chi connectivity index (χ1n) is 9.19. The average molecular weight is 399 g/mol. The van der Waals surface area contributed by atoms with E-state index in [0.717, 1.165) is 12.5 Å². The SMILES string of the molecule is [N-]=[N+]=NCCCCCOC1C(=O)c2c(O)cc(O)cc2OC1c1ccc(O)cc1. The maximum Gasteiger partial charge on any atom is 0.203 e. The molecule has 3 rings (SSSR count). The van der Waals surface area contributed by atoms with E-state index < -0.39 is 18.0 Å². The standard InChI is InChI=1S/C20H21N3O6/c21-23-22-8-2-1-3-9-28-20-18(27)17-15(26)10-14(25)11-16(17)29-19(20)12-4-6-13(24)7-5-12/h4-7,10-11,19-20,24-26H,1-3,8-9H2. The molecule has 3 N–H and O–H groups in total. The summed E-state index contributed by atoms with van der Waals surface area (Å²) in [5, 5.41) is 32.9. The number of ketones is 1. The molecule has 0 radical (unpaired) electrons. The minimum atomic E-state index is -1.00. The summed E-state index contributed by atoms with van der Waals surface area (Å²) in [5.41, 5.74) is 8.85. The normalized spacial score (nSPS) is 17.9. The van der Waals surface area contributed by atoms with Crippen molar-refractivity contribution in [3.8, 4) is 23.0 Å². The van der Waals surface area contributed by atoms with Gasteiger partial charge in [0.25, 0.3) is 0 Å². The summed E-state index contributed by atoms with van der Waals surface area (Å²) in [7, 11) is 0. The number of ether oxygens (including phenoxy) is 2. The van der Waals surface area contributed by atoms with Crippen molar-refractivity contribution in [2.24, 2.45) is 5.11 Å². The molecule has 0 aromatic heterocycles. The lowest BCUT2D eigenvalue weighted by Crippen LogP contribution is -2.38. The Hall–Kier alpha value is -3.42. The molecule has 2 atom stereocenters. The summed E-state index contributed by atoms with van der Waals surface area (Å²) in [6.07, 6.45) is 0.328. The number of phenols is 3. The molecule has 9 heteroatoms. The monoisotopic (exact) mass is 399 g/mol. The van der Waals surface area contributed by atoms with E-state index in [-0.39, 0.29) is 35.2 Å². The van der Waals surface area contributed by atoms with Crippen LogP contribution >= 0.6 is 0 Å². The van der Waals surface area contributed by atoms with Crippen LogP contribution in [-0.4, -0.2) is 40.4 Å². The van der Waals surface area contributed by atoms with Gasteiger partial charge in [-0.2, -0.15) is 0 Å². The highest BCUT2D eigenvalue weighted by Crippen LogP contribution is 2.42. The number of hydrogen-bond acceptors (Lipinski definition) is 7. The van der Waals surface area contributed by atoms with Gasteiger partial charge >= 0.3 is 0 Å². The highest BCUT2D eigenvalue weighted by atomic mass is 16.5. The molecular formula is C20H21N3O6. The van der Waals surface area contributed by atoms with Gasteiger partial charge in [0.05, 0.1) is 0 Å². The zero-order valence-electron chi connectivity index (χ0n) is 15.6. The molecule has 9 nitrogen and oxygen atoms in total. The van der Waals surface area contributed by atoms with Crippen LogP contribution in [0.2, 0.25) is 0 Å². The van der Waals surface area contributed by atoms with Crippen LogP contribution in [0.3, 0.4) is 0 Å². The van der Waals surface area contributed by atoms with E-state index in [2.05, 4.69) is 10.0 Å². The second kappa shape index (κ2) is 9.18. The van der Waals surface area contributed by atoms with Crippen LogP contribution in [0.5, 0.6) is 23.0 Å². The average Bonchev–Trinajstić information content (AvgIpc) is 2.68. The number of fused-ring (bicyclic) bond motifs is 1. The number of unbranched alkanes of at least 4 members (excludes halogenated alkanes) is 2. The molecule has 1 aliphatic rings. The van der Waals surface area contributed by atoms with Crippen LogP contribution in [0.4, 0.5) is 0 Å². The van der Waals surface area contributed by atoms with E-state index in [1.165, 1.54) is 18.2 Å². The number of nitrogens with zero attached hydrogens (tertiary/aromatic N) is 3. The Morgan fingerprint density at radius 1 is 1.07 bits per heavy atom. The topological polar surface area (TPSA) is 145 Å². The van der Waals surface area contributed by atoms with Gasteiger partial charge in [-0.3, -0.25) is 4.79 Å². The van der Waals surface area contributed by atoms with Gasteiger partial charge in [-0.1, -0.05) is 23.7 Å². The molecule has 29 heavy (non-hydrogen) atoms. The smallest absolute Gasteiger partial charge is 0.203 e. The molecule has 0 fully saturated rings. The summed E-state index contributed by atoms with van der Waals surface area (Å²) in [5.74, 6) is -0.908. The fourth-order valence-electron chi connectivity index (χ4n) is 3.19. The number of hydrogen-bond donors (Lipinski definition) is 3. The maximum atomic E-state index is 13.1. The summed E-state index contributed by atoms with van der Waals surface area (Å²) in [6, 6.07) is 8.55. The molecule has 0 saturated carbocycles. The highest BCUT2D eigenvalue weighted by molar-refractivity contribution is 6.05. The Labute approximate surface area is 166 Å². The minimum absolute atomic E-state index is 0.0359. The molecule has 0 aliphatic carbocycles. The summed E-state index contributed by atoms with van der Waals surface area (Å²) >= 11 is 0. The Morgan fingerprint density at radius 2 is 1.83 bits per heavy atom. The number of aromatic hydroxyl groups is 3. The first-order chi connectivity index (χ1) is 14.0. The number of carbonyl (C=O) groups is 1. The molecule has 1 heterocycles. The number of phenolic OH excluding ortho intramolecular Hbond substituents is 3. The molecule has 0 spiro atoms. The van der Waals surface area contributed by atoms with Crippen molar-refractivity contribution in [2.75, 3.05) is 13.2 Å². The number of benzene rings is 2. The predicted molar refractivity (Wildman–Crippen MR) is 103 cm³/mol. The Bertz CT molecular complexity index is 925. The van der Waals surface area contributed by atoms with Gasteiger partial charge in [-0.05, 0) is 36.1 Å². The zero-order valence-corrected chi connectivity index (χ0v) is 15.6. The molecule has 2 aromatic rings. The molecule has 2 aromatic carbocycles. The molecule has 152 valence electrons. The van der Waals surface area contributed by atoms with Gasteiger partial charge in [-0.25, -0.2) is 0 Å². The highest BCUT2D eigenvalue weighted by Gasteiger charge is 2.41. The van der Waals surface area contributed by atoms with Crippen LogP contribution in [0.25, 0.3) is 10.4 Å². The minimum Gasteiger partial charge on any atom is -0.508 e. The molecule has 1 aliphatic heterocycles. The molecule has 0 bridgehead atoms. The molecule has 2 unspecified atom stereocenters. The number of carbonyl (C=O) groups excluding carboxylic acids is 1. The van der Waals surface area contributed by atoms with E-state index in [9.17, 15) is 20.1 Å². The molecule has 0 amide bonds. The third kappa shape index (κ3) is 4.71. The van der Waals surface area contributed by atoms with Gasteiger partial charge in [-0.15, -0.1) is 0 Å². The lowest BCUT2D eigenvalue weighted by Gasteiger charge is -2.33.